The van der Waals surface area contributed by atoms with Gasteiger partial charge in [0.2, 0.25) is 5.91 Å². The first-order valence-electron chi connectivity index (χ1n) is 7.88. The summed E-state index contributed by atoms with van der Waals surface area (Å²) < 4.78 is 5.87. The molecule has 0 saturated heterocycles. The molecule has 2 aliphatic carbocycles. The highest BCUT2D eigenvalue weighted by molar-refractivity contribution is 5.80. The molecule has 0 radical (unpaired) electrons. The summed E-state index contributed by atoms with van der Waals surface area (Å²) in [5, 5.41) is 3.12. The van der Waals surface area contributed by atoms with Crippen LogP contribution in [0.3, 0.4) is 0 Å². The van der Waals surface area contributed by atoms with Gasteiger partial charge in [0.1, 0.15) is 6.10 Å². The molecule has 3 N–H and O–H groups in total. The van der Waals surface area contributed by atoms with Crippen LogP contribution in [0.15, 0.2) is 0 Å². The van der Waals surface area contributed by atoms with Gasteiger partial charge in [-0.25, -0.2) is 0 Å². The molecule has 110 valence electrons. The summed E-state index contributed by atoms with van der Waals surface area (Å²) in [6, 6.07) is 0.450. The van der Waals surface area contributed by atoms with Crippen LogP contribution in [0.1, 0.15) is 64.7 Å². The molecule has 0 aromatic heterocycles. The molecule has 0 aromatic rings. The summed E-state index contributed by atoms with van der Waals surface area (Å²) in [6.45, 7) is 1.85. The van der Waals surface area contributed by atoms with Crippen molar-refractivity contribution in [3.05, 3.63) is 0 Å². The third-order valence-electron chi connectivity index (χ3n) is 4.45. The maximum Gasteiger partial charge on any atom is 0.249 e. The predicted octanol–water partition coefficient (Wildman–Crippen LogP) is 2.11. The SMILES string of the molecule is CC(OC1CCCCC1N)C(=O)NC1CCCCC1. The van der Waals surface area contributed by atoms with Crippen molar-refractivity contribution in [1.29, 1.82) is 0 Å². The highest BCUT2D eigenvalue weighted by Crippen LogP contribution is 2.21. The summed E-state index contributed by atoms with van der Waals surface area (Å²) in [4.78, 5) is 12.1. The Bertz CT molecular complexity index is 290. The van der Waals surface area contributed by atoms with E-state index in [-0.39, 0.29) is 24.2 Å². The van der Waals surface area contributed by atoms with E-state index in [0.717, 1.165) is 32.1 Å². The molecular weight excluding hydrogens is 240 g/mol. The van der Waals surface area contributed by atoms with Gasteiger partial charge in [-0.2, -0.15) is 0 Å². The summed E-state index contributed by atoms with van der Waals surface area (Å²) in [7, 11) is 0. The second kappa shape index (κ2) is 7.25. The summed E-state index contributed by atoms with van der Waals surface area (Å²) in [6.07, 6.45) is 10.0. The largest absolute Gasteiger partial charge is 0.364 e. The van der Waals surface area contributed by atoms with Gasteiger partial charge in [0, 0.05) is 12.1 Å². The molecule has 4 heteroatoms. The molecule has 0 bridgehead atoms. The van der Waals surface area contributed by atoms with E-state index in [1.165, 1.54) is 25.7 Å². The third-order valence-corrected chi connectivity index (χ3v) is 4.45. The predicted molar refractivity (Wildman–Crippen MR) is 75.8 cm³/mol. The van der Waals surface area contributed by atoms with Gasteiger partial charge in [0.15, 0.2) is 0 Å². The second-order valence-electron chi connectivity index (χ2n) is 6.11. The Labute approximate surface area is 116 Å². The van der Waals surface area contributed by atoms with Gasteiger partial charge in [-0.05, 0) is 32.6 Å². The summed E-state index contributed by atoms with van der Waals surface area (Å²) >= 11 is 0. The van der Waals surface area contributed by atoms with E-state index < -0.39 is 0 Å². The van der Waals surface area contributed by atoms with Gasteiger partial charge >= 0.3 is 0 Å². The molecule has 1 amide bonds. The summed E-state index contributed by atoms with van der Waals surface area (Å²) in [5.41, 5.74) is 6.05. The lowest BCUT2D eigenvalue weighted by Crippen LogP contribution is -2.47. The lowest BCUT2D eigenvalue weighted by molar-refractivity contribution is -0.138. The molecule has 2 rings (SSSR count). The van der Waals surface area contributed by atoms with Crippen LogP contribution in [0.25, 0.3) is 0 Å². The number of rotatable bonds is 4. The van der Waals surface area contributed by atoms with E-state index in [1.54, 1.807) is 0 Å². The van der Waals surface area contributed by atoms with E-state index in [1.807, 2.05) is 6.92 Å². The molecule has 3 unspecified atom stereocenters. The highest BCUT2D eigenvalue weighted by Gasteiger charge is 2.27. The van der Waals surface area contributed by atoms with Gasteiger partial charge < -0.3 is 15.8 Å². The maximum absolute atomic E-state index is 12.1. The van der Waals surface area contributed by atoms with Crippen molar-refractivity contribution in [2.24, 2.45) is 5.73 Å². The quantitative estimate of drug-likeness (QED) is 0.820. The Hall–Kier alpha value is -0.610. The lowest BCUT2D eigenvalue weighted by atomic mass is 9.93. The zero-order valence-corrected chi connectivity index (χ0v) is 12.1. The zero-order valence-electron chi connectivity index (χ0n) is 12.1. The fourth-order valence-corrected chi connectivity index (χ4v) is 3.18. The Morgan fingerprint density at radius 2 is 1.74 bits per heavy atom. The fraction of sp³-hybridized carbons (Fsp3) is 0.933. The molecule has 2 fully saturated rings. The average Bonchev–Trinajstić information content (AvgIpc) is 2.42. The van der Waals surface area contributed by atoms with Crippen LogP contribution in [-0.2, 0) is 9.53 Å². The van der Waals surface area contributed by atoms with E-state index in [2.05, 4.69) is 5.32 Å². The highest BCUT2D eigenvalue weighted by atomic mass is 16.5. The minimum atomic E-state index is -0.379. The summed E-state index contributed by atoms with van der Waals surface area (Å²) in [5.74, 6) is 0.0321. The van der Waals surface area contributed by atoms with Crippen molar-refractivity contribution in [3.8, 4) is 0 Å². The number of hydrogen-bond acceptors (Lipinski definition) is 3. The number of amides is 1. The number of carbonyl (C=O) groups excluding carboxylic acids is 1. The zero-order chi connectivity index (χ0) is 13.7. The van der Waals surface area contributed by atoms with Gasteiger partial charge in [-0.15, -0.1) is 0 Å². The Balaban J connectivity index is 1.74. The Morgan fingerprint density at radius 3 is 2.42 bits per heavy atom. The van der Waals surface area contributed by atoms with Crippen LogP contribution in [-0.4, -0.2) is 30.2 Å². The average molecular weight is 268 g/mol. The molecule has 0 aliphatic heterocycles. The van der Waals surface area contributed by atoms with E-state index >= 15 is 0 Å². The molecule has 19 heavy (non-hydrogen) atoms. The van der Waals surface area contributed by atoms with Gasteiger partial charge in [-0.3, -0.25) is 4.79 Å². The number of carbonyl (C=O) groups is 1. The lowest BCUT2D eigenvalue weighted by Gasteiger charge is -2.31. The van der Waals surface area contributed by atoms with Crippen LogP contribution < -0.4 is 11.1 Å². The van der Waals surface area contributed by atoms with E-state index in [9.17, 15) is 4.79 Å². The van der Waals surface area contributed by atoms with Gasteiger partial charge in [0.25, 0.3) is 0 Å². The number of ether oxygens (including phenoxy) is 1. The van der Waals surface area contributed by atoms with Crippen LogP contribution in [0.5, 0.6) is 0 Å². The van der Waals surface area contributed by atoms with Crippen LogP contribution >= 0.6 is 0 Å². The molecule has 0 spiro atoms. The smallest absolute Gasteiger partial charge is 0.249 e. The molecule has 2 saturated carbocycles. The topological polar surface area (TPSA) is 64.3 Å². The van der Waals surface area contributed by atoms with Crippen molar-refractivity contribution in [2.45, 2.75) is 89.0 Å². The molecule has 4 nitrogen and oxygen atoms in total. The van der Waals surface area contributed by atoms with Gasteiger partial charge in [0.05, 0.1) is 6.10 Å². The molecule has 0 heterocycles. The third kappa shape index (κ3) is 4.46. The first kappa shape index (κ1) is 14.8. The first-order valence-corrected chi connectivity index (χ1v) is 7.88. The van der Waals surface area contributed by atoms with Crippen LogP contribution in [0.2, 0.25) is 0 Å². The maximum atomic E-state index is 12.1. The van der Waals surface area contributed by atoms with Gasteiger partial charge in [-0.1, -0.05) is 32.1 Å². The Morgan fingerprint density at radius 1 is 1.11 bits per heavy atom. The number of nitrogens with one attached hydrogen (secondary N) is 1. The number of hydrogen-bond donors (Lipinski definition) is 2. The molecule has 2 aliphatic rings. The standard InChI is InChI=1S/C15H28N2O2/c1-11(19-14-10-6-5-9-13(14)16)15(18)17-12-7-3-2-4-8-12/h11-14H,2-10,16H2,1H3,(H,17,18). The molecular formula is C15H28N2O2. The minimum absolute atomic E-state index is 0.0321. The minimum Gasteiger partial charge on any atom is -0.364 e. The van der Waals surface area contributed by atoms with Crippen molar-refractivity contribution >= 4 is 5.91 Å². The molecule has 0 aromatic carbocycles. The second-order valence-corrected chi connectivity index (χ2v) is 6.11. The van der Waals surface area contributed by atoms with Crippen LogP contribution in [0, 0.1) is 0 Å². The Kier molecular flexibility index (Phi) is 5.64. The first-order chi connectivity index (χ1) is 9.16. The van der Waals surface area contributed by atoms with Crippen molar-refractivity contribution < 1.29 is 9.53 Å². The monoisotopic (exact) mass is 268 g/mol. The normalized spacial score (nSPS) is 30.8. The molecule has 3 atom stereocenters. The van der Waals surface area contributed by atoms with Crippen LogP contribution in [0.4, 0.5) is 0 Å². The van der Waals surface area contributed by atoms with Crippen molar-refractivity contribution in [1.82, 2.24) is 5.32 Å². The number of nitrogens with two attached hydrogens (primary N) is 1. The fourth-order valence-electron chi connectivity index (χ4n) is 3.18. The van der Waals surface area contributed by atoms with E-state index in [0.29, 0.717) is 6.04 Å². The van der Waals surface area contributed by atoms with Crippen molar-refractivity contribution in [2.75, 3.05) is 0 Å². The van der Waals surface area contributed by atoms with E-state index in [4.69, 9.17) is 10.5 Å². The van der Waals surface area contributed by atoms with Crippen molar-refractivity contribution in [3.63, 3.8) is 0 Å².